The lowest BCUT2D eigenvalue weighted by atomic mass is 9.73. The molecular weight excluding hydrogens is 382 g/mol. The van der Waals surface area contributed by atoms with Gasteiger partial charge in [0, 0.05) is 29.4 Å². The van der Waals surface area contributed by atoms with Crippen LogP contribution in [0, 0.1) is 0 Å². The average molecular weight is 405 g/mol. The third-order valence-corrected chi connectivity index (χ3v) is 6.11. The van der Waals surface area contributed by atoms with E-state index in [1.165, 1.54) is 7.11 Å². The van der Waals surface area contributed by atoms with Gasteiger partial charge in [-0.3, -0.25) is 4.79 Å². The lowest BCUT2D eigenvalue weighted by molar-refractivity contribution is 0.0913. The van der Waals surface area contributed by atoms with Crippen molar-refractivity contribution in [1.82, 2.24) is 25.6 Å². The summed E-state index contributed by atoms with van der Waals surface area (Å²) in [6.07, 6.45) is 3.64. The molecule has 0 unspecified atom stereocenters. The van der Waals surface area contributed by atoms with E-state index in [-0.39, 0.29) is 17.1 Å². The van der Waals surface area contributed by atoms with Crippen LogP contribution in [0.2, 0.25) is 0 Å². The Morgan fingerprint density at radius 2 is 2.00 bits per heavy atom. The van der Waals surface area contributed by atoms with Crippen LogP contribution in [-0.2, 0) is 5.41 Å². The molecule has 0 atom stereocenters. The number of fused-ring (bicyclic) bond motifs is 2. The first-order chi connectivity index (χ1) is 14.6. The molecule has 2 aliphatic heterocycles. The number of piperidine rings is 1. The minimum Gasteiger partial charge on any atom is -0.504 e. The van der Waals surface area contributed by atoms with E-state index in [2.05, 4.69) is 20.6 Å². The van der Waals surface area contributed by atoms with Gasteiger partial charge >= 0.3 is 0 Å². The zero-order valence-corrected chi connectivity index (χ0v) is 16.7. The first-order valence-corrected chi connectivity index (χ1v) is 10.0. The maximum atomic E-state index is 12.5. The van der Waals surface area contributed by atoms with Gasteiger partial charge in [0.1, 0.15) is 0 Å². The summed E-state index contributed by atoms with van der Waals surface area (Å²) in [7, 11) is 1.50. The van der Waals surface area contributed by atoms with Gasteiger partial charge < -0.3 is 25.5 Å². The van der Waals surface area contributed by atoms with E-state index in [0.717, 1.165) is 42.9 Å². The Morgan fingerprint density at radius 3 is 2.80 bits per heavy atom. The molecule has 4 N–H and O–H groups in total. The Bertz CT molecular complexity index is 1120. The molecule has 4 heterocycles. The number of phenolic OH excluding ortho intramolecular Hbond substituents is 1. The molecule has 0 aliphatic carbocycles. The SMILES string of the molecule is COc1cc(-c2nccc(-c3cc4c([nH]3)C3(CCNCC3)CNC4=O)n2)ccc1O. The van der Waals surface area contributed by atoms with Crippen LogP contribution in [0.4, 0.5) is 0 Å². The second-order valence-corrected chi connectivity index (χ2v) is 7.84. The van der Waals surface area contributed by atoms with Crippen molar-refractivity contribution in [2.24, 2.45) is 0 Å². The number of phenols is 1. The number of aromatic nitrogens is 3. The highest BCUT2D eigenvalue weighted by atomic mass is 16.5. The van der Waals surface area contributed by atoms with E-state index < -0.39 is 0 Å². The number of carbonyl (C=O) groups is 1. The van der Waals surface area contributed by atoms with Gasteiger partial charge in [0.05, 0.1) is 24.1 Å². The number of aromatic amines is 1. The van der Waals surface area contributed by atoms with Crippen LogP contribution in [0.5, 0.6) is 11.5 Å². The molecule has 1 spiro atoms. The molecule has 8 heteroatoms. The molecule has 30 heavy (non-hydrogen) atoms. The van der Waals surface area contributed by atoms with E-state index in [0.29, 0.717) is 29.4 Å². The molecule has 1 fully saturated rings. The molecule has 1 amide bonds. The van der Waals surface area contributed by atoms with Crippen LogP contribution in [0.25, 0.3) is 22.8 Å². The van der Waals surface area contributed by atoms with Crippen LogP contribution in [-0.4, -0.2) is 52.7 Å². The first kappa shape index (κ1) is 18.6. The Balaban J connectivity index is 1.55. The zero-order chi connectivity index (χ0) is 20.7. The molecular formula is C22H23N5O3. The average Bonchev–Trinajstić information content (AvgIpc) is 3.25. The lowest BCUT2D eigenvalue weighted by Crippen LogP contribution is -2.51. The van der Waals surface area contributed by atoms with E-state index in [1.54, 1.807) is 24.4 Å². The monoisotopic (exact) mass is 405 g/mol. The lowest BCUT2D eigenvalue weighted by Gasteiger charge is -2.40. The summed E-state index contributed by atoms with van der Waals surface area (Å²) in [5, 5.41) is 16.3. The molecule has 2 aromatic heterocycles. The number of benzene rings is 1. The van der Waals surface area contributed by atoms with Gasteiger partial charge in [-0.25, -0.2) is 9.97 Å². The van der Waals surface area contributed by atoms with Crippen molar-refractivity contribution in [3.63, 3.8) is 0 Å². The van der Waals surface area contributed by atoms with Crippen molar-refractivity contribution in [2.45, 2.75) is 18.3 Å². The van der Waals surface area contributed by atoms with Crippen molar-refractivity contribution in [1.29, 1.82) is 0 Å². The van der Waals surface area contributed by atoms with E-state index in [9.17, 15) is 9.90 Å². The number of hydrogen-bond acceptors (Lipinski definition) is 6. The Hall–Kier alpha value is -3.39. The van der Waals surface area contributed by atoms with Gasteiger partial charge in [0.15, 0.2) is 17.3 Å². The summed E-state index contributed by atoms with van der Waals surface area (Å²) in [4.78, 5) is 25.1. The largest absolute Gasteiger partial charge is 0.504 e. The number of nitrogens with one attached hydrogen (secondary N) is 3. The molecule has 1 saturated heterocycles. The minimum atomic E-state index is -0.0626. The van der Waals surface area contributed by atoms with Crippen LogP contribution in [0.3, 0.4) is 0 Å². The second-order valence-electron chi connectivity index (χ2n) is 7.84. The predicted molar refractivity (Wildman–Crippen MR) is 112 cm³/mol. The van der Waals surface area contributed by atoms with Gasteiger partial charge in [-0.15, -0.1) is 0 Å². The summed E-state index contributed by atoms with van der Waals surface area (Å²) < 4.78 is 5.19. The Morgan fingerprint density at radius 1 is 1.17 bits per heavy atom. The van der Waals surface area contributed by atoms with Crippen LogP contribution < -0.4 is 15.4 Å². The number of amides is 1. The maximum Gasteiger partial charge on any atom is 0.253 e. The standard InChI is InChI=1S/C22H23N5O3/c1-30-18-10-13(2-3-17(18)28)20-24-7-4-15(27-20)16-11-14-19(26-16)22(12-25-21(14)29)5-8-23-9-6-22/h2-4,7,10-11,23,26,28H,5-6,8-9,12H2,1H3,(H,25,29). The summed E-state index contributed by atoms with van der Waals surface area (Å²) in [5.41, 5.74) is 3.88. The summed E-state index contributed by atoms with van der Waals surface area (Å²) >= 11 is 0. The normalized spacial score (nSPS) is 17.4. The smallest absolute Gasteiger partial charge is 0.253 e. The number of nitrogens with zero attached hydrogens (tertiary/aromatic N) is 2. The molecule has 2 aliphatic rings. The first-order valence-electron chi connectivity index (χ1n) is 10.0. The van der Waals surface area contributed by atoms with E-state index >= 15 is 0 Å². The Kier molecular flexibility index (Phi) is 4.43. The topological polar surface area (TPSA) is 112 Å². The second kappa shape index (κ2) is 7.14. The van der Waals surface area contributed by atoms with Crippen molar-refractivity contribution < 1.29 is 14.6 Å². The minimum absolute atomic E-state index is 0.0470. The van der Waals surface area contributed by atoms with Gasteiger partial charge in [-0.1, -0.05) is 0 Å². The molecule has 5 rings (SSSR count). The van der Waals surface area contributed by atoms with Crippen LogP contribution >= 0.6 is 0 Å². The Labute approximate surface area is 173 Å². The van der Waals surface area contributed by atoms with Crippen LogP contribution in [0.15, 0.2) is 36.5 Å². The van der Waals surface area contributed by atoms with Crippen molar-refractivity contribution in [2.75, 3.05) is 26.7 Å². The molecule has 0 bridgehead atoms. The van der Waals surface area contributed by atoms with Crippen molar-refractivity contribution in [3.05, 3.63) is 47.8 Å². The molecule has 0 saturated carbocycles. The fourth-order valence-electron chi connectivity index (χ4n) is 4.42. The third-order valence-electron chi connectivity index (χ3n) is 6.11. The van der Waals surface area contributed by atoms with Crippen molar-refractivity contribution in [3.8, 4) is 34.3 Å². The van der Waals surface area contributed by atoms with Gasteiger partial charge in [-0.2, -0.15) is 0 Å². The quantitative estimate of drug-likeness (QED) is 0.532. The predicted octanol–water partition coefficient (Wildman–Crippen LogP) is 2.22. The van der Waals surface area contributed by atoms with Gasteiger partial charge in [0.2, 0.25) is 0 Å². The number of methoxy groups -OCH3 is 1. The molecule has 154 valence electrons. The number of rotatable bonds is 3. The van der Waals surface area contributed by atoms with E-state index in [4.69, 9.17) is 9.72 Å². The highest BCUT2D eigenvalue weighted by molar-refractivity contribution is 5.98. The molecule has 3 aromatic rings. The fraction of sp³-hybridized carbons (Fsp3) is 0.318. The van der Waals surface area contributed by atoms with Crippen molar-refractivity contribution >= 4 is 5.91 Å². The van der Waals surface area contributed by atoms with Gasteiger partial charge in [0.25, 0.3) is 5.91 Å². The fourth-order valence-corrected chi connectivity index (χ4v) is 4.42. The van der Waals surface area contributed by atoms with Gasteiger partial charge in [-0.05, 0) is 56.3 Å². The molecule has 1 aromatic carbocycles. The summed E-state index contributed by atoms with van der Waals surface area (Å²) in [6, 6.07) is 8.71. The molecule has 0 radical (unpaired) electrons. The zero-order valence-electron chi connectivity index (χ0n) is 16.7. The number of carbonyl (C=O) groups excluding carboxylic acids is 1. The summed E-state index contributed by atoms with van der Waals surface area (Å²) in [5.74, 6) is 0.891. The number of aromatic hydroxyl groups is 1. The number of H-pyrrole nitrogens is 1. The maximum absolute atomic E-state index is 12.5. The van der Waals surface area contributed by atoms with Crippen LogP contribution in [0.1, 0.15) is 28.9 Å². The molecule has 8 nitrogen and oxygen atoms in total. The summed E-state index contributed by atoms with van der Waals surface area (Å²) in [6.45, 7) is 2.52. The third kappa shape index (κ3) is 3.00. The van der Waals surface area contributed by atoms with E-state index in [1.807, 2.05) is 12.1 Å². The number of ether oxygens (including phenoxy) is 1. The number of hydrogen-bond donors (Lipinski definition) is 4. The highest BCUT2D eigenvalue weighted by Gasteiger charge is 2.42. The highest BCUT2D eigenvalue weighted by Crippen LogP contribution is 2.39.